The molecule has 3 aromatic carbocycles. The maximum atomic E-state index is 13.9. The van der Waals surface area contributed by atoms with E-state index >= 15 is 0 Å². The van der Waals surface area contributed by atoms with Crippen LogP contribution in [0.15, 0.2) is 78.4 Å². The monoisotopic (exact) mass is 423 g/mol. The number of nitro groups is 1. The third-order valence-electron chi connectivity index (χ3n) is 4.13. The van der Waals surface area contributed by atoms with Crippen LogP contribution < -0.4 is 10.6 Å². The van der Waals surface area contributed by atoms with E-state index in [4.69, 9.17) is 0 Å². The molecule has 0 saturated heterocycles. The van der Waals surface area contributed by atoms with Crippen LogP contribution in [0, 0.1) is 21.7 Å². The number of nitrogens with one attached hydrogen (secondary N) is 2. The molecule has 0 aliphatic rings. The molecule has 9 heteroatoms. The van der Waals surface area contributed by atoms with Crippen molar-refractivity contribution in [2.45, 2.75) is 0 Å². The number of carbonyl (C=O) groups excluding carboxylic acids is 2. The minimum absolute atomic E-state index is 0.170. The molecular formula is C22H15F2N3O4. The van der Waals surface area contributed by atoms with Gasteiger partial charge in [0.25, 0.3) is 17.5 Å². The standard InChI is InChI=1S/C22H15F2N3O4/c23-17-8-1-3-10-19(17)25-21(28)16(13-14-6-5-7-15(12-14)27(30)31)22(29)26-20-11-4-2-9-18(20)24/h1-13H,(H,25,28)(H,26,29). The molecule has 0 unspecified atom stereocenters. The highest BCUT2D eigenvalue weighted by atomic mass is 19.1. The third-order valence-corrected chi connectivity index (χ3v) is 4.13. The van der Waals surface area contributed by atoms with Gasteiger partial charge in [-0.25, -0.2) is 8.78 Å². The molecule has 0 saturated carbocycles. The molecule has 0 spiro atoms. The molecule has 156 valence electrons. The maximum Gasteiger partial charge on any atom is 0.270 e. The van der Waals surface area contributed by atoms with Gasteiger partial charge in [0.1, 0.15) is 17.2 Å². The van der Waals surface area contributed by atoms with Gasteiger partial charge in [-0.1, -0.05) is 36.4 Å². The highest BCUT2D eigenvalue weighted by molar-refractivity contribution is 6.28. The molecule has 3 rings (SSSR count). The Kier molecular flexibility index (Phi) is 6.46. The molecule has 0 bridgehead atoms. The quantitative estimate of drug-likeness (QED) is 0.200. The Labute approximate surface area is 175 Å². The second-order valence-corrected chi connectivity index (χ2v) is 6.28. The number of carbonyl (C=O) groups is 2. The van der Waals surface area contributed by atoms with E-state index in [1.165, 1.54) is 54.6 Å². The Balaban J connectivity index is 1.98. The molecule has 0 aromatic heterocycles. The van der Waals surface area contributed by atoms with Crippen LogP contribution in [0.3, 0.4) is 0 Å². The minimum atomic E-state index is -0.981. The van der Waals surface area contributed by atoms with Gasteiger partial charge in [0.2, 0.25) is 0 Å². The summed E-state index contributed by atoms with van der Waals surface area (Å²) >= 11 is 0. The predicted octanol–water partition coefficient (Wildman–Crippen LogP) is 4.53. The van der Waals surface area contributed by atoms with Gasteiger partial charge in [0.05, 0.1) is 16.3 Å². The highest BCUT2D eigenvalue weighted by Crippen LogP contribution is 2.20. The lowest BCUT2D eigenvalue weighted by atomic mass is 10.1. The van der Waals surface area contributed by atoms with E-state index in [2.05, 4.69) is 10.6 Å². The lowest BCUT2D eigenvalue weighted by molar-refractivity contribution is -0.384. The Morgan fingerprint density at radius 3 is 1.81 bits per heavy atom. The van der Waals surface area contributed by atoms with Crippen molar-refractivity contribution in [3.63, 3.8) is 0 Å². The van der Waals surface area contributed by atoms with Crippen LogP contribution in [-0.2, 0) is 9.59 Å². The van der Waals surface area contributed by atoms with E-state index in [-0.39, 0.29) is 22.6 Å². The Hall–Kier alpha value is -4.40. The van der Waals surface area contributed by atoms with Crippen molar-refractivity contribution < 1.29 is 23.3 Å². The van der Waals surface area contributed by atoms with Crippen molar-refractivity contribution in [1.29, 1.82) is 0 Å². The second-order valence-electron chi connectivity index (χ2n) is 6.28. The summed E-state index contributed by atoms with van der Waals surface area (Å²) in [5, 5.41) is 15.6. The summed E-state index contributed by atoms with van der Waals surface area (Å²) in [6.45, 7) is 0. The van der Waals surface area contributed by atoms with Crippen LogP contribution >= 0.6 is 0 Å². The van der Waals surface area contributed by atoms with Gasteiger partial charge >= 0.3 is 0 Å². The first-order valence-corrected chi connectivity index (χ1v) is 8.93. The average molecular weight is 423 g/mol. The number of hydrogen-bond donors (Lipinski definition) is 2. The molecule has 0 heterocycles. The van der Waals surface area contributed by atoms with Crippen LogP contribution in [-0.4, -0.2) is 16.7 Å². The molecule has 0 aliphatic heterocycles. The molecule has 0 fully saturated rings. The van der Waals surface area contributed by atoms with E-state index in [1.54, 1.807) is 0 Å². The van der Waals surface area contributed by atoms with Crippen LogP contribution in [0.2, 0.25) is 0 Å². The lowest BCUT2D eigenvalue weighted by Crippen LogP contribution is -2.26. The SMILES string of the molecule is O=C(Nc1ccccc1F)C(=Cc1cccc([N+](=O)[O-])c1)C(=O)Nc1ccccc1F. The van der Waals surface area contributed by atoms with Crippen LogP contribution in [0.5, 0.6) is 0 Å². The smallest absolute Gasteiger partial charge is 0.270 e. The van der Waals surface area contributed by atoms with Crippen LogP contribution in [0.1, 0.15) is 5.56 Å². The average Bonchev–Trinajstić information content (AvgIpc) is 2.75. The van der Waals surface area contributed by atoms with Crippen molar-refractivity contribution >= 4 is 35.0 Å². The largest absolute Gasteiger partial charge is 0.319 e. The summed E-state index contributed by atoms with van der Waals surface area (Å²) in [6.07, 6.45) is 1.10. The summed E-state index contributed by atoms with van der Waals surface area (Å²) in [4.78, 5) is 35.9. The topological polar surface area (TPSA) is 101 Å². The number of amides is 2. The molecule has 2 amide bonds. The number of hydrogen-bond acceptors (Lipinski definition) is 4. The lowest BCUT2D eigenvalue weighted by Gasteiger charge is -2.11. The maximum absolute atomic E-state index is 13.9. The Bertz CT molecular complexity index is 1130. The van der Waals surface area contributed by atoms with E-state index in [1.807, 2.05) is 0 Å². The minimum Gasteiger partial charge on any atom is -0.319 e. The van der Waals surface area contributed by atoms with Gasteiger partial charge in [0, 0.05) is 12.1 Å². The van der Waals surface area contributed by atoms with E-state index in [0.29, 0.717) is 0 Å². The van der Waals surface area contributed by atoms with Crippen LogP contribution in [0.25, 0.3) is 6.08 Å². The summed E-state index contributed by atoms with van der Waals surface area (Å²) < 4.78 is 27.8. The second kappa shape index (κ2) is 9.40. The van der Waals surface area contributed by atoms with Gasteiger partial charge < -0.3 is 10.6 Å². The number of nitrogens with zero attached hydrogens (tertiary/aromatic N) is 1. The normalized spacial score (nSPS) is 10.1. The van der Waals surface area contributed by atoms with E-state index in [9.17, 15) is 28.5 Å². The summed E-state index contributed by atoms with van der Waals surface area (Å²) in [5.74, 6) is -3.41. The van der Waals surface area contributed by atoms with Crippen LogP contribution in [0.4, 0.5) is 25.8 Å². The first kappa shape index (κ1) is 21.3. The molecule has 3 aromatic rings. The Morgan fingerprint density at radius 1 is 0.806 bits per heavy atom. The van der Waals surface area contributed by atoms with Gasteiger partial charge in [-0.15, -0.1) is 0 Å². The fourth-order valence-corrected chi connectivity index (χ4v) is 2.63. The van der Waals surface area contributed by atoms with E-state index < -0.39 is 33.9 Å². The molecule has 7 nitrogen and oxygen atoms in total. The first-order chi connectivity index (χ1) is 14.8. The van der Waals surface area contributed by atoms with Gasteiger partial charge in [-0.2, -0.15) is 0 Å². The molecule has 0 aliphatic carbocycles. The zero-order valence-corrected chi connectivity index (χ0v) is 15.8. The number of benzene rings is 3. The number of anilines is 2. The van der Waals surface area contributed by atoms with Crippen molar-refractivity contribution in [1.82, 2.24) is 0 Å². The number of halogens is 2. The van der Waals surface area contributed by atoms with Crippen molar-refractivity contribution in [3.8, 4) is 0 Å². The highest BCUT2D eigenvalue weighted by Gasteiger charge is 2.21. The predicted molar refractivity (Wildman–Crippen MR) is 111 cm³/mol. The third kappa shape index (κ3) is 5.36. The zero-order valence-electron chi connectivity index (χ0n) is 15.8. The van der Waals surface area contributed by atoms with Crippen molar-refractivity contribution in [2.75, 3.05) is 10.6 Å². The number of nitro benzene ring substituents is 1. The van der Waals surface area contributed by atoms with Gasteiger partial charge in [-0.3, -0.25) is 19.7 Å². The summed E-state index contributed by atoms with van der Waals surface area (Å²) in [6, 6.07) is 15.9. The van der Waals surface area contributed by atoms with Gasteiger partial charge in [0.15, 0.2) is 0 Å². The number of para-hydroxylation sites is 2. The molecule has 31 heavy (non-hydrogen) atoms. The molecular weight excluding hydrogens is 408 g/mol. The fraction of sp³-hybridized carbons (Fsp3) is 0. The summed E-state index contributed by atoms with van der Waals surface area (Å²) in [7, 11) is 0. The molecule has 0 atom stereocenters. The number of non-ortho nitro benzene ring substituents is 1. The number of rotatable bonds is 6. The summed E-state index contributed by atoms with van der Waals surface area (Å²) in [5.41, 5.74) is -0.923. The Morgan fingerprint density at radius 2 is 1.32 bits per heavy atom. The molecule has 2 N–H and O–H groups in total. The van der Waals surface area contributed by atoms with Crippen molar-refractivity contribution in [2.24, 2.45) is 0 Å². The zero-order chi connectivity index (χ0) is 22.4. The van der Waals surface area contributed by atoms with E-state index in [0.717, 1.165) is 24.3 Å². The fourth-order valence-electron chi connectivity index (χ4n) is 2.63. The van der Waals surface area contributed by atoms with Crippen molar-refractivity contribution in [3.05, 3.63) is 106 Å². The molecule has 0 radical (unpaired) electrons. The van der Waals surface area contributed by atoms with Gasteiger partial charge in [-0.05, 0) is 35.9 Å². The first-order valence-electron chi connectivity index (χ1n) is 8.93.